The fourth-order valence-electron chi connectivity index (χ4n) is 2.86. The molecular formula is C20H32N2. The van der Waals surface area contributed by atoms with Gasteiger partial charge in [-0.2, -0.15) is 0 Å². The van der Waals surface area contributed by atoms with Gasteiger partial charge in [0, 0.05) is 43.1 Å². The molecule has 0 spiro atoms. The van der Waals surface area contributed by atoms with Crippen molar-refractivity contribution in [2.45, 2.75) is 53.4 Å². The van der Waals surface area contributed by atoms with Crippen LogP contribution in [0.25, 0.3) is 0 Å². The fourth-order valence-corrected chi connectivity index (χ4v) is 2.86. The Kier molecular flexibility index (Phi) is 8.51. The van der Waals surface area contributed by atoms with Crippen LogP contribution < -0.4 is 9.80 Å². The minimum Gasteiger partial charge on any atom is -0.371 e. The molecule has 0 saturated carbocycles. The van der Waals surface area contributed by atoms with Crippen LogP contribution in [-0.2, 0) is 0 Å². The molecule has 0 aliphatic carbocycles. The second kappa shape index (κ2) is 10.2. The Labute approximate surface area is 137 Å². The van der Waals surface area contributed by atoms with E-state index in [1.165, 1.54) is 11.4 Å². The lowest BCUT2D eigenvalue weighted by atomic mass is 10.1. The molecule has 0 atom stereocenters. The van der Waals surface area contributed by atoms with Gasteiger partial charge < -0.3 is 9.80 Å². The average molecular weight is 300 g/mol. The zero-order chi connectivity index (χ0) is 16.4. The van der Waals surface area contributed by atoms with Gasteiger partial charge in [0.15, 0.2) is 0 Å². The fraction of sp³-hybridized carbons (Fsp3) is 0.600. The third-order valence-electron chi connectivity index (χ3n) is 3.77. The molecule has 2 nitrogen and oxygen atoms in total. The van der Waals surface area contributed by atoms with Gasteiger partial charge in [-0.3, -0.25) is 0 Å². The molecule has 0 aliphatic heterocycles. The summed E-state index contributed by atoms with van der Waals surface area (Å²) in [5.41, 5.74) is 3.53. The van der Waals surface area contributed by atoms with Crippen molar-refractivity contribution in [3.8, 4) is 12.3 Å². The highest BCUT2D eigenvalue weighted by atomic mass is 15.1. The van der Waals surface area contributed by atoms with Crippen LogP contribution in [0.4, 0.5) is 11.4 Å². The Balaban J connectivity index is 3.17. The van der Waals surface area contributed by atoms with Crippen molar-refractivity contribution < 1.29 is 0 Å². The molecule has 0 saturated heterocycles. The van der Waals surface area contributed by atoms with E-state index in [0.717, 1.165) is 57.4 Å². The number of hydrogen-bond donors (Lipinski definition) is 0. The molecule has 0 heterocycles. The highest BCUT2D eigenvalue weighted by Gasteiger charge is 2.11. The van der Waals surface area contributed by atoms with Crippen molar-refractivity contribution in [1.82, 2.24) is 0 Å². The van der Waals surface area contributed by atoms with Crippen LogP contribution in [0.5, 0.6) is 0 Å². The summed E-state index contributed by atoms with van der Waals surface area (Å²) < 4.78 is 0. The number of anilines is 2. The highest BCUT2D eigenvalue weighted by molar-refractivity contribution is 5.64. The SMILES string of the molecule is C#Cc1cc(N(CCC)CCC)cc(N(CCC)CCC)c1. The van der Waals surface area contributed by atoms with Gasteiger partial charge in [-0.1, -0.05) is 33.6 Å². The first-order valence-electron chi connectivity index (χ1n) is 8.81. The topological polar surface area (TPSA) is 6.48 Å². The summed E-state index contributed by atoms with van der Waals surface area (Å²) in [4.78, 5) is 4.92. The Morgan fingerprint density at radius 2 is 1.09 bits per heavy atom. The lowest BCUT2D eigenvalue weighted by Crippen LogP contribution is -2.27. The Bertz CT molecular complexity index is 427. The van der Waals surface area contributed by atoms with Gasteiger partial charge in [-0.05, 0) is 43.9 Å². The molecule has 1 rings (SSSR count). The highest BCUT2D eigenvalue weighted by Crippen LogP contribution is 2.26. The molecule has 0 aliphatic rings. The maximum atomic E-state index is 5.70. The smallest absolute Gasteiger partial charge is 0.0399 e. The molecule has 0 bridgehead atoms. The second-order valence-electron chi connectivity index (χ2n) is 5.86. The zero-order valence-electron chi connectivity index (χ0n) is 14.9. The van der Waals surface area contributed by atoms with Crippen LogP contribution in [0.1, 0.15) is 58.9 Å². The molecule has 0 radical (unpaired) electrons. The van der Waals surface area contributed by atoms with E-state index >= 15 is 0 Å². The Hall–Kier alpha value is -1.62. The lowest BCUT2D eigenvalue weighted by Gasteiger charge is -2.28. The van der Waals surface area contributed by atoms with E-state index in [9.17, 15) is 0 Å². The van der Waals surface area contributed by atoms with E-state index in [1.807, 2.05) is 0 Å². The van der Waals surface area contributed by atoms with E-state index in [4.69, 9.17) is 6.42 Å². The average Bonchev–Trinajstić information content (AvgIpc) is 2.54. The van der Waals surface area contributed by atoms with Crippen molar-refractivity contribution in [1.29, 1.82) is 0 Å². The molecule has 22 heavy (non-hydrogen) atoms. The molecular weight excluding hydrogens is 268 g/mol. The maximum Gasteiger partial charge on any atom is 0.0399 e. The van der Waals surface area contributed by atoms with Crippen molar-refractivity contribution in [3.63, 3.8) is 0 Å². The van der Waals surface area contributed by atoms with Crippen LogP contribution in [0.2, 0.25) is 0 Å². The van der Waals surface area contributed by atoms with Gasteiger partial charge in [-0.15, -0.1) is 6.42 Å². The summed E-state index contributed by atoms with van der Waals surface area (Å²) in [6, 6.07) is 6.63. The van der Waals surface area contributed by atoms with Crippen molar-refractivity contribution >= 4 is 11.4 Å². The molecule has 0 N–H and O–H groups in total. The van der Waals surface area contributed by atoms with Crippen molar-refractivity contribution in [2.24, 2.45) is 0 Å². The summed E-state index contributed by atoms with van der Waals surface area (Å²) in [6.07, 6.45) is 10.3. The van der Waals surface area contributed by atoms with Crippen LogP contribution in [0.15, 0.2) is 18.2 Å². The molecule has 1 aromatic carbocycles. The lowest BCUT2D eigenvalue weighted by molar-refractivity contribution is 0.736. The molecule has 2 heteroatoms. The number of benzene rings is 1. The Morgan fingerprint density at radius 3 is 1.36 bits per heavy atom. The minimum absolute atomic E-state index is 0.988. The second-order valence-corrected chi connectivity index (χ2v) is 5.86. The molecule has 122 valence electrons. The first-order chi connectivity index (χ1) is 10.7. The third-order valence-corrected chi connectivity index (χ3v) is 3.77. The van der Waals surface area contributed by atoms with Crippen molar-refractivity contribution in [3.05, 3.63) is 23.8 Å². The summed E-state index contributed by atoms with van der Waals surface area (Å²) in [5, 5.41) is 0. The summed E-state index contributed by atoms with van der Waals surface area (Å²) in [6.45, 7) is 13.3. The zero-order valence-corrected chi connectivity index (χ0v) is 14.9. The molecule has 0 unspecified atom stereocenters. The van der Waals surface area contributed by atoms with Gasteiger partial charge in [0.05, 0.1) is 0 Å². The molecule has 0 aromatic heterocycles. The third kappa shape index (κ3) is 5.30. The van der Waals surface area contributed by atoms with E-state index in [2.05, 4.69) is 61.6 Å². The number of hydrogen-bond acceptors (Lipinski definition) is 2. The van der Waals surface area contributed by atoms with Crippen LogP contribution in [0, 0.1) is 12.3 Å². The van der Waals surface area contributed by atoms with Gasteiger partial charge in [-0.25, -0.2) is 0 Å². The van der Waals surface area contributed by atoms with Gasteiger partial charge in [0.2, 0.25) is 0 Å². The van der Waals surface area contributed by atoms with Gasteiger partial charge >= 0.3 is 0 Å². The van der Waals surface area contributed by atoms with E-state index in [-0.39, 0.29) is 0 Å². The van der Waals surface area contributed by atoms with Gasteiger partial charge in [0.25, 0.3) is 0 Å². The van der Waals surface area contributed by atoms with E-state index in [1.54, 1.807) is 0 Å². The standard InChI is InChI=1S/C20H32N2/c1-6-11-21(12-7-2)19-15-18(10-5)16-20(17-19)22(13-8-3)14-9-4/h5,15-17H,6-9,11-14H2,1-4H3. The quantitative estimate of drug-likeness (QED) is 0.566. The largest absolute Gasteiger partial charge is 0.371 e. The maximum absolute atomic E-state index is 5.70. The number of terminal acetylenes is 1. The first kappa shape index (κ1) is 18.4. The normalized spacial score (nSPS) is 10.3. The monoisotopic (exact) mass is 300 g/mol. The predicted octanol–water partition coefficient (Wildman–Crippen LogP) is 4.92. The molecule has 1 aromatic rings. The Morgan fingerprint density at radius 1 is 0.727 bits per heavy atom. The summed E-state index contributed by atoms with van der Waals surface area (Å²) in [7, 11) is 0. The summed E-state index contributed by atoms with van der Waals surface area (Å²) >= 11 is 0. The predicted molar refractivity (Wildman–Crippen MR) is 100.0 cm³/mol. The van der Waals surface area contributed by atoms with E-state index < -0.39 is 0 Å². The van der Waals surface area contributed by atoms with Crippen LogP contribution in [-0.4, -0.2) is 26.2 Å². The number of rotatable bonds is 10. The number of nitrogens with zero attached hydrogens (tertiary/aromatic N) is 2. The van der Waals surface area contributed by atoms with E-state index in [0.29, 0.717) is 0 Å². The minimum atomic E-state index is 0.988. The van der Waals surface area contributed by atoms with Crippen LogP contribution >= 0.6 is 0 Å². The molecule has 0 amide bonds. The first-order valence-corrected chi connectivity index (χ1v) is 8.81. The van der Waals surface area contributed by atoms with Gasteiger partial charge in [0.1, 0.15) is 0 Å². The summed E-state index contributed by atoms with van der Waals surface area (Å²) in [5.74, 6) is 2.83. The molecule has 0 fully saturated rings. The van der Waals surface area contributed by atoms with Crippen molar-refractivity contribution in [2.75, 3.05) is 36.0 Å². The van der Waals surface area contributed by atoms with Crippen LogP contribution in [0.3, 0.4) is 0 Å².